The summed E-state index contributed by atoms with van der Waals surface area (Å²) in [4.78, 5) is 39.0. The lowest BCUT2D eigenvalue weighted by Crippen LogP contribution is -2.57. The van der Waals surface area contributed by atoms with E-state index in [4.69, 9.17) is 25.9 Å². The summed E-state index contributed by atoms with van der Waals surface area (Å²) in [6.07, 6.45) is 11.0. The molecule has 3 fully saturated rings. The SMILES string of the molecule is C#Cc1c(F)ccc2c1N([C@H]1CCc3c(nc(OC[C@]4(C)C[C@@H](F)CN4c4ccncn4)nc3N3C[C@H]4CC(O)[C@@H](C3)N4C(=O)C=C)C1)CCO2. The first-order chi connectivity index (χ1) is 24.7. The van der Waals surface area contributed by atoms with Crippen LogP contribution in [-0.2, 0) is 17.6 Å². The second-order valence-corrected chi connectivity index (χ2v) is 14.3. The summed E-state index contributed by atoms with van der Waals surface area (Å²) in [5.74, 6) is 3.73. The van der Waals surface area contributed by atoms with Crippen LogP contribution >= 0.6 is 0 Å². The summed E-state index contributed by atoms with van der Waals surface area (Å²) in [5, 5.41) is 11.0. The van der Waals surface area contributed by atoms with Crippen LogP contribution in [0.15, 0.2) is 43.4 Å². The fourth-order valence-electron chi connectivity index (χ4n) is 8.76. The summed E-state index contributed by atoms with van der Waals surface area (Å²) in [6.45, 7) is 7.72. The lowest BCUT2D eigenvalue weighted by Gasteiger charge is -2.43. The number of rotatable bonds is 7. The summed E-state index contributed by atoms with van der Waals surface area (Å²) in [6, 6.07) is 4.19. The van der Waals surface area contributed by atoms with Gasteiger partial charge in [0.2, 0.25) is 5.91 Å². The Morgan fingerprint density at radius 2 is 2.12 bits per heavy atom. The molecule has 6 heterocycles. The topological polar surface area (TPSA) is 120 Å². The van der Waals surface area contributed by atoms with E-state index in [0.717, 1.165) is 17.7 Å². The number of aliphatic hydroxyl groups is 1. The maximum atomic E-state index is 15.0. The third kappa shape index (κ3) is 5.77. The molecule has 0 spiro atoms. The number of amides is 1. The number of aliphatic hydroxyl groups excluding tert-OH is 1. The van der Waals surface area contributed by atoms with E-state index in [2.05, 4.69) is 32.3 Å². The van der Waals surface area contributed by atoms with Crippen molar-refractivity contribution >= 4 is 23.2 Å². The number of piperazine rings is 1. The molecule has 1 N–H and O–H groups in total. The summed E-state index contributed by atoms with van der Waals surface area (Å²) in [5.41, 5.74) is 1.79. The number of carbonyl (C=O) groups is 1. The molecule has 6 atom stereocenters. The van der Waals surface area contributed by atoms with Crippen LogP contribution in [0.1, 0.15) is 43.0 Å². The molecule has 3 saturated heterocycles. The van der Waals surface area contributed by atoms with Gasteiger partial charge in [-0.05, 0) is 50.5 Å². The molecular weight excluding hydrogens is 658 g/mol. The number of hydrogen-bond donors (Lipinski definition) is 1. The Kier molecular flexibility index (Phi) is 8.41. The van der Waals surface area contributed by atoms with Gasteiger partial charge in [-0.2, -0.15) is 9.97 Å². The zero-order chi connectivity index (χ0) is 35.4. The molecule has 12 nitrogen and oxygen atoms in total. The van der Waals surface area contributed by atoms with E-state index >= 15 is 0 Å². The number of alkyl halides is 1. The summed E-state index contributed by atoms with van der Waals surface area (Å²) < 4.78 is 42.2. The zero-order valence-electron chi connectivity index (χ0n) is 28.4. The minimum atomic E-state index is -1.07. The molecule has 266 valence electrons. The van der Waals surface area contributed by atoms with Crippen LogP contribution in [0.3, 0.4) is 0 Å². The highest BCUT2D eigenvalue weighted by atomic mass is 19.1. The van der Waals surface area contributed by atoms with E-state index in [9.17, 15) is 18.7 Å². The maximum Gasteiger partial charge on any atom is 0.318 e. The minimum absolute atomic E-state index is 0.0578. The molecule has 1 aliphatic carbocycles. The Balaban J connectivity index is 1.13. The molecule has 51 heavy (non-hydrogen) atoms. The van der Waals surface area contributed by atoms with E-state index in [0.29, 0.717) is 68.6 Å². The first kappa shape index (κ1) is 33.1. The number of aromatic nitrogens is 4. The molecule has 1 amide bonds. The number of nitrogens with zero attached hydrogens (tertiary/aromatic N) is 8. The normalized spacial score (nSPS) is 28.1. The first-order valence-electron chi connectivity index (χ1n) is 17.4. The van der Waals surface area contributed by atoms with E-state index < -0.39 is 29.7 Å². The van der Waals surface area contributed by atoms with Crippen LogP contribution < -0.4 is 24.2 Å². The predicted molar refractivity (Wildman–Crippen MR) is 185 cm³/mol. The van der Waals surface area contributed by atoms with Crippen molar-refractivity contribution in [2.24, 2.45) is 0 Å². The molecule has 2 aromatic heterocycles. The van der Waals surface area contributed by atoms with Gasteiger partial charge in [-0.3, -0.25) is 4.79 Å². The predicted octanol–water partition coefficient (Wildman–Crippen LogP) is 2.87. The fraction of sp³-hybridized carbons (Fsp3) is 0.486. The van der Waals surface area contributed by atoms with Crippen molar-refractivity contribution in [2.45, 2.75) is 75.0 Å². The number of fused-ring (bicyclic) bond motifs is 4. The Morgan fingerprint density at radius 3 is 2.88 bits per heavy atom. The molecule has 0 radical (unpaired) electrons. The second-order valence-electron chi connectivity index (χ2n) is 14.3. The van der Waals surface area contributed by atoms with Crippen LogP contribution in [0.4, 0.5) is 26.1 Å². The van der Waals surface area contributed by atoms with Gasteiger partial charge in [-0.1, -0.05) is 12.5 Å². The van der Waals surface area contributed by atoms with Crippen LogP contribution in [0.2, 0.25) is 0 Å². The molecule has 14 heteroatoms. The standard InChI is InChI=1S/C37H40F2N8O4/c1-4-25-27(39)8-9-31-34(25)45(12-13-50-31)23-6-7-26-28(14-23)42-36(51-20-37(3)16-22(38)17-46(37)32-10-11-40-21-41-32)43-35(26)44-18-24-15-30(48)29(19-44)47(24)33(49)5-2/h1,5,8-11,21-24,29-30,48H,2,6-7,12-20H2,3H3/t22-,23+,24-,29-,30?,37+/m1/s1. The number of benzene rings is 1. The third-order valence-corrected chi connectivity index (χ3v) is 11.1. The lowest BCUT2D eigenvalue weighted by molar-refractivity contribution is -0.130. The van der Waals surface area contributed by atoms with Gasteiger partial charge in [0.15, 0.2) is 0 Å². The van der Waals surface area contributed by atoms with Crippen molar-refractivity contribution in [3.05, 3.63) is 66.0 Å². The quantitative estimate of drug-likeness (QED) is 0.290. The van der Waals surface area contributed by atoms with Gasteiger partial charge in [0, 0.05) is 43.7 Å². The number of ether oxygens (including phenoxy) is 2. The minimum Gasteiger partial charge on any atom is -0.490 e. The molecule has 0 saturated carbocycles. The van der Waals surface area contributed by atoms with Crippen molar-refractivity contribution in [2.75, 3.05) is 54.1 Å². The Morgan fingerprint density at radius 1 is 1.25 bits per heavy atom. The number of carbonyl (C=O) groups excluding carboxylic acids is 1. The average Bonchev–Trinajstić information content (AvgIpc) is 3.56. The highest BCUT2D eigenvalue weighted by molar-refractivity contribution is 5.88. The maximum absolute atomic E-state index is 15.0. The van der Waals surface area contributed by atoms with E-state index in [-0.39, 0.29) is 49.1 Å². The van der Waals surface area contributed by atoms with Gasteiger partial charge in [0.1, 0.15) is 48.9 Å². The molecule has 2 bridgehead atoms. The molecule has 8 rings (SSSR count). The lowest BCUT2D eigenvalue weighted by atomic mass is 9.89. The van der Waals surface area contributed by atoms with Crippen LogP contribution in [0, 0.1) is 18.2 Å². The second kappa shape index (κ2) is 12.9. The van der Waals surface area contributed by atoms with Crippen LogP contribution in [-0.4, -0.2) is 111 Å². The van der Waals surface area contributed by atoms with Crippen molar-refractivity contribution in [1.82, 2.24) is 24.8 Å². The van der Waals surface area contributed by atoms with Crippen molar-refractivity contribution in [1.29, 1.82) is 0 Å². The van der Waals surface area contributed by atoms with Crippen LogP contribution in [0.5, 0.6) is 11.8 Å². The third-order valence-electron chi connectivity index (χ3n) is 11.1. The molecule has 4 aliphatic heterocycles. The number of hydrogen-bond acceptors (Lipinski definition) is 11. The summed E-state index contributed by atoms with van der Waals surface area (Å²) >= 11 is 0. The number of anilines is 3. The molecular formula is C37H40F2N8O4. The van der Waals surface area contributed by atoms with E-state index in [1.54, 1.807) is 23.2 Å². The van der Waals surface area contributed by atoms with Crippen molar-refractivity contribution in [3.63, 3.8) is 0 Å². The van der Waals surface area contributed by atoms with Crippen molar-refractivity contribution in [3.8, 4) is 24.1 Å². The fourth-order valence-corrected chi connectivity index (χ4v) is 8.76. The number of halogens is 2. The van der Waals surface area contributed by atoms with E-state index in [1.165, 1.54) is 18.5 Å². The summed E-state index contributed by atoms with van der Waals surface area (Å²) in [7, 11) is 0. The molecule has 1 unspecified atom stereocenters. The first-order valence-corrected chi connectivity index (χ1v) is 17.4. The van der Waals surface area contributed by atoms with Gasteiger partial charge < -0.3 is 34.2 Å². The zero-order valence-corrected chi connectivity index (χ0v) is 28.4. The molecule has 3 aromatic rings. The monoisotopic (exact) mass is 698 g/mol. The smallest absolute Gasteiger partial charge is 0.318 e. The highest BCUT2D eigenvalue weighted by Gasteiger charge is 2.49. The van der Waals surface area contributed by atoms with Gasteiger partial charge in [-0.25, -0.2) is 18.7 Å². The van der Waals surface area contributed by atoms with E-state index in [1.807, 2.05) is 11.8 Å². The van der Waals surface area contributed by atoms with Gasteiger partial charge in [-0.15, -0.1) is 6.42 Å². The largest absolute Gasteiger partial charge is 0.490 e. The Labute approximate surface area is 295 Å². The average molecular weight is 699 g/mol. The Bertz CT molecular complexity index is 1890. The van der Waals surface area contributed by atoms with Crippen LogP contribution in [0.25, 0.3) is 0 Å². The molecule has 5 aliphatic rings. The number of terminal acetylenes is 1. The Hall–Kier alpha value is -5.03. The van der Waals surface area contributed by atoms with Gasteiger partial charge >= 0.3 is 6.01 Å². The highest BCUT2D eigenvalue weighted by Crippen LogP contribution is 2.42. The van der Waals surface area contributed by atoms with Crippen molar-refractivity contribution < 1.29 is 28.2 Å². The van der Waals surface area contributed by atoms with Gasteiger partial charge in [0.25, 0.3) is 0 Å². The molecule has 1 aromatic carbocycles. The van der Waals surface area contributed by atoms with Gasteiger partial charge in [0.05, 0.1) is 53.8 Å².